The van der Waals surface area contributed by atoms with Gasteiger partial charge in [-0.2, -0.15) is 0 Å². The largest absolute Gasteiger partial charge is 0.444 e. The Kier molecular flexibility index (Phi) is 5.14. The number of primary amides is 1. The van der Waals surface area contributed by atoms with Crippen LogP contribution in [0, 0.1) is 5.92 Å². The third-order valence-electron chi connectivity index (χ3n) is 4.80. The van der Waals surface area contributed by atoms with Gasteiger partial charge in [0.05, 0.1) is 0 Å². The Morgan fingerprint density at radius 3 is 2.73 bits per heavy atom. The van der Waals surface area contributed by atoms with Gasteiger partial charge in [-0.3, -0.25) is 4.79 Å². The lowest BCUT2D eigenvalue weighted by molar-refractivity contribution is -0.131. The fourth-order valence-electron chi connectivity index (χ4n) is 3.88. The van der Waals surface area contributed by atoms with Crippen LogP contribution in [0.2, 0.25) is 0 Å². The predicted octanol–water partition coefficient (Wildman–Crippen LogP) is 2.99. The van der Waals surface area contributed by atoms with E-state index in [2.05, 4.69) is 0 Å². The Morgan fingerprint density at radius 2 is 2.09 bits per heavy atom. The number of hydrogen-bond acceptors (Lipinski definition) is 3. The molecular formula is C17H28N2O3. The minimum Gasteiger partial charge on any atom is -0.444 e. The summed E-state index contributed by atoms with van der Waals surface area (Å²) in [5, 5.41) is 0. The lowest BCUT2D eigenvalue weighted by Gasteiger charge is -2.43. The maximum atomic E-state index is 12.3. The molecule has 1 aliphatic carbocycles. The molecule has 0 aromatic carbocycles. The minimum absolute atomic E-state index is 0.134. The molecule has 2 unspecified atom stereocenters. The number of amides is 2. The first-order valence-corrected chi connectivity index (χ1v) is 8.25. The van der Waals surface area contributed by atoms with Crippen LogP contribution in [-0.2, 0) is 9.53 Å². The molecule has 1 saturated carbocycles. The quantitative estimate of drug-likeness (QED) is 0.867. The molecule has 5 heteroatoms. The van der Waals surface area contributed by atoms with E-state index in [1.807, 2.05) is 25.7 Å². The van der Waals surface area contributed by atoms with Crippen LogP contribution >= 0.6 is 0 Å². The second-order valence-electron chi connectivity index (χ2n) is 7.27. The van der Waals surface area contributed by atoms with Gasteiger partial charge in [0.1, 0.15) is 5.60 Å². The summed E-state index contributed by atoms with van der Waals surface area (Å²) in [6, 6.07) is 0.251. The highest BCUT2D eigenvalue weighted by Gasteiger charge is 2.37. The van der Waals surface area contributed by atoms with Gasteiger partial charge >= 0.3 is 6.09 Å². The van der Waals surface area contributed by atoms with Crippen molar-refractivity contribution in [2.45, 2.75) is 70.9 Å². The van der Waals surface area contributed by atoms with Gasteiger partial charge in [-0.15, -0.1) is 0 Å². The van der Waals surface area contributed by atoms with E-state index in [1.54, 1.807) is 6.08 Å². The fraction of sp³-hybridized carbons (Fsp3) is 0.765. The zero-order valence-electron chi connectivity index (χ0n) is 13.9. The summed E-state index contributed by atoms with van der Waals surface area (Å²) in [7, 11) is 0. The summed E-state index contributed by atoms with van der Waals surface area (Å²) in [6.07, 6.45) is 7.17. The molecule has 1 fully saturated rings. The molecule has 0 aromatic heterocycles. The van der Waals surface area contributed by atoms with E-state index in [0.717, 1.165) is 44.2 Å². The van der Waals surface area contributed by atoms with E-state index in [0.29, 0.717) is 5.92 Å². The Morgan fingerprint density at radius 1 is 1.41 bits per heavy atom. The van der Waals surface area contributed by atoms with E-state index in [9.17, 15) is 9.59 Å². The van der Waals surface area contributed by atoms with E-state index in [1.165, 1.54) is 6.42 Å². The summed E-state index contributed by atoms with van der Waals surface area (Å²) in [6.45, 7) is 6.61. The highest BCUT2D eigenvalue weighted by molar-refractivity contribution is 5.89. The molecule has 2 aliphatic rings. The first kappa shape index (κ1) is 16.8. The normalized spacial score (nSPS) is 26.6. The number of hydrogen-bond donors (Lipinski definition) is 1. The van der Waals surface area contributed by atoms with Crippen molar-refractivity contribution in [3.63, 3.8) is 0 Å². The molecule has 2 N–H and O–H groups in total. The van der Waals surface area contributed by atoms with Crippen LogP contribution in [-0.4, -0.2) is 35.1 Å². The molecule has 1 aliphatic heterocycles. The van der Waals surface area contributed by atoms with Gasteiger partial charge < -0.3 is 15.4 Å². The highest BCUT2D eigenvalue weighted by atomic mass is 16.6. The van der Waals surface area contributed by atoms with Crippen molar-refractivity contribution in [3.8, 4) is 0 Å². The Bertz CT molecular complexity index is 471. The van der Waals surface area contributed by atoms with E-state index in [-0.39, 0.29) is 11.9 Å². The van der Waals surface area contributed by atoms with Crippen LogP contribution in [0.5, 0.6) is 0 Å². The summed E-state index contributed by atoms with van der Waals surface area (Å²) >= 11 is 0. The predicted molar refractivity (Wildman–Crippen MR) is 85.2 cm³/mol. The maximum Gasteiger partial charge on any atom is 0.405 e. The van der Waals surface area contributed by atoms with E-state index < -0.39 is 11.7 Å². The Hall–Kier alpha value is -1.52. The molecule has 2 rings (SSSR count). The van der Waals surface area contributed by atoms with Gasteiger partial charge in [0, 0.05) is 18.7 Å². The molecule has 1 heterocycles. The maximum absolute atomic E-state index is 12.3. The van der Waals surface area contributed by atoms with E-state index in [4.69, 9.17) is 10.5 Å². The minimum atomic E-state index is -0.732. The van der Waals surface area contributed by atoms with Crippen LogP contribution < -0.4 is 5.73 Å². The Labute approximate surface area is 132 Å². The van der Waals surface area contributed by atoms with Crippen LogP contribution in [0.25, 0.3) is 0 Å². The van der Waals surface area contributed by atoms with Crippen molar-refractivity contribution >= 4 is 12.0 Å². The van der Waals surface area contributed by atoms with Crippen LogP contribution in [0.3, 0.4) is 0 Å². The van der Waals surface area contributed by atoms with Gasteiger partial charge in [-0.25, -0.2) is 4.79 Å². The molecule has 22 heavy (non-hydrogen) atoms. The van der Waals surface area contributed by atoms with Crippen LogP contribution in [0.15, 0.2) is 11.6 Å². The van der Waals surface area contributed by atoms with Crippen LogP contribution in [0.1, 0.15) is 59.3 Å². The summed E-state index contributed by atoms with van der Waals surface area (Å²) in [5.41, 5.74) is 5.74. The first-order chi connectivity index (χ1) is 10.3. The van der Waals surface area contributed by atoms with Crippen molar-refractivity contribution in [1.82, 2.24) is 4.90 Å². The highest BCUT2D eigenvalue weighted by Crippen LogP contribution is 2.36. The monoisotopic (exact) mass is 308 g/mol. The van der Waals surface area contributed by atoms with Crippen molar-refractivity contribution in [2.75, 3.05) is 6.54 Å². The molecule has 0 saturated heterocycles. The molecule has 2 atom stereocenters. The summed E-state index contributed by atoms with van der Waals surface area (Å²) in [4.78, 5) is 25.4. The SMILES string of the molecule is CC1=CC(=O)N(C2CCCCC2CC(C)(C)OC(N)=O)CC1. The average Bonchev–Trinajstić information content (AvgIpc) is 2.38. The topological polar surface area (TPSA) is 72.6 Å². The van der Waals surface area contributed by atoms with Crippen molar-refractivity contribution < 1.29 is 14.3 Å². The lowest BCUT2D eigenvalue weighted by atomic mass is 9.77. The molecule has 0 aromatic rings. The molecular weight excluding hydrogens is 280 g/mol. The summed E-state index contributed by atoms with van der Waals surface area (Å²) in [5.74, 6) is 0.494. The van der Waals surface area contributed by atoms with Gasteiger partial charge in [0.25, 0.3) is 0 Å². The van der Waals surface area contributed by atoms with E-state index >= 15 is 0 Å². The average molecular weight is 308 g/mol. The standard InChI is InChI=1S/C17H28N2O3/c1-12-8-9-19(15(20)10-12)14-7-5-4-6-13(14)11-17(2,3)22-16(18)21/h10,13-14H,4-9,11H2,1-3H3,(H2,18,21). The third-order valence-corrected chi connectivity index (χ3v) is 4.80. The molecule has 0 bridgehead atoms. The zero-order chi connectivity index (χ0) is 16.3. The molecule has 0 radical (unpaired) electrons. The van der Waals surface area contributed by atoms with Crippen molar-refractivity contribution in [3.05, 3.63) is 11.6 Å². The van der Waals surface area contributed by atoms with Gasteiger partial charge in [0.15, 0.2) is 0 Å². The Balaban J connectivity index is 2.08. The van der Waals surface area contributed by atoms with Gasteiger partial charge in [-0.1, -0.05) is 18.4 Å². The van der Waals surface area contributed by atoms with Crippen molar-refractivity contribution in [2.24, 2.45) is 11.7 Å². The van der Waals surface area contributed by atoms with Gasteiger partial charge in [0.2, 0.25) is 5.91 Å². The summed E-state index contributed by atoms with van der Waals surface area (Å²) < 4.78 is 5.24. The fourth-order valence-corrected chi connectivity index (χ4v) is 3.88. The molecule has 124 valence electrons. The van der Waals surface area contributed by atoms with Gasteiger partial charge in [-0.05, 0) is 52.4 Å². The number of nitrogens with two attached hydrogens (primary N) is 1. The molecule has 0 spiro atoms. The van der Waals surface area contributed by atoms with Crippen molar-refractivity contribution in [1.29, 1.82) is 0 Å². The zero-order valence-corrected chi connectivity index (χ0v) is 13.9. The third kappa shape index (κ3) is 4.24. The second-order valence-corrected chi connectivity index (χ2v) is 7.27. The lowest BCUT2D eigenvalue weighted by Crippen LogP contribution is -2.49. The second kappa shape index (κ2) is 6.71. The number of ether oxygens (including phenoxy) is 1. The number of carbonyl (C=O) groups excluding carboxylic acids is 2. The van der Waals surface area contributed by atoms with Crippen LogP contribution in [0.4, 0.5) is 4.79 Å². The molecule has 2 amide bonds. The number of rotatable bonds is 4. The number of nitrogens with zero attached hydrogens (tertiary/aromatic N) is 1. The number of carbonyl (C=O) groups is 2. The smallest absolute Gasteiger partial charge is 0.405 e. The molecule has 5 nitrogen and oxygen atoms in total. The first-order valence-electron chi connectivity index (χ1n) is 8.25.